The summed E-state index contributed by atoms with van der Waals surface area (Å²) in [5.41, 5.74) is 0. The first-order valence-corrected chi connectivity index (χ1v) is 7.73. The minimum absolute atomic E-state index is 0.750. The molecule has 0 radical (unpaired) electrons. The molecule has 0 saturated carbocycles. The Bertz CT molecular complexity index is 371. The first kappa shape index (κ1) is 14.7. The number of aliphatic imine (C=N–C) groups is 2. The van der Waals surface area contributed by atoms with Gasteiger partial charge in [0, 0.05) is 26.2 Å². The van der Waals surface area contributed by atoms with E-state index in [4.69, 9.17) is 10.5 Å². The minimum Gasteiger partial charge on any atom is -0.347 e. The third-order valence-electron chi connectivity index (χ3n) is 2.48. The molecule has 1 aliphatic heterocycles. The van der Waals surface area contributed by atoms with Crippen molar-refractivity contribution in [3.05, 3.63) is 0 Å². The maximum absolute atomic E-state index is 8.60. The summed E-state index contributed by atoms with van der Waals surface area (Å²) < 4.78 is 0. The second-order valence-electron chi connectivity index (χ2n) is 3.37. The van der Waals surface area contributed by atoms with Gasteiger partial charge in [-0.05, 0) is 12.5 Å². The molecule has 0 amide bonds. The van der Waals surface area contributed by atoms with Gasteiger partial charge in [-0.25, -0.2) is 0 Å². The van der Waals surface area contributed by atoms with Gasteiger partial charge in [0.05, 0.1) is 0 Å². The summed E-state index contributed by atoms with van der Waals surface area (Å²) in [6, 6.07) is 0. The molecule has 0 aromatic carbocycles. The fourth-order valence-corrected chi connectivity index (χ4v) is 2.81. The van der Waals surface area contributed by atoms with Crippen molar-refractivity contribution >= 4 is 33.9 Å². The Morgan fingerprint density at radius 3 is 1.44 bits per heavy atom. The van der Waals surface area contributed by atoms with E-state index >= 15 is 0 Å². The zero-order valence-electron chi connectivity index (χ0n) is 10.3. The number of hydrogen-bond donors (Lipinski definition) is 0. The summed E-state index contributed by atoms with van der Waals surface area (Å²) in [7, 11) is 0. The summed E-state index contributed by atoms with van der Waals surface area (Å²) in [4.78, 5) is 11.8. The highest BCUT2D eigenvalue weighted by atomic mass is 32.2. The van der Waals surface area contributed by atoms with E-state index in [0.717, 1.165) is 36.5 Å². The zero-order valence-corrected chi connectivity index (χ0v) is 12.0. The van der Waals surface area contributed by atoms with Crippen LogP contribution in [0.15, 0.2) is 9.98 Å². The average Bonchev–Trinajstić information content (AvgIpc) is 2.42. The van der Waals surface area contributed by atoms with Crippen molar-refractivity contribution in [2.75, 3.05) is 38.7 Å². The van der Waals surface area contributed by atoms with Crippen LogP contribution < -0.4 is 0 Å². The quantitative estimate of drug-likeness (QED) is 0.375. The molecular formula is C10H14N6S2. The third kappa shape index (κ3) is 3.83. The summed E-state index contributed by atoms with van der Waals surface area (Å²) >= 11 is 2.95. The van der Waals surface area contributed by atoms with Crippen LogP contribution in [0.1, 0.15) is 0 Å². The van der Waals surface area contributed by atoms with E-state index in [0.29, 0.717) is 0 Å². The lowest BCUT2D eigenvalue weighted by molar-refractivity contribution is 0.266. The topological polar surface area (TPSA) is 78.8 Å². The van der Waals surface area contributed by atoms with E-state index in [9.17, 15) is 0 Å². The number of thioether (sulfide) groups is 2. The van der Waals surface area contributed by atoms with Gasteiger partial charge in [0.15, 0.2) is 10.3 Å². The number of nitrogens with zero attached hydrogens (tertiary/aromatic N) is 6. The molecule has 0 atom stereocenters. The van der Waals surface area contributed by atoms with Crippen LogP contribution in [-0.4, -0.2) is 58.8 Å². The summed E-state index contributed by atoms with van der Waals surface area (Å²) in [6.07, 6.45) is 7.46. The number of rotatable bonds is 0. The number of piperazine rings is 1. The molecule has 0 aromatic rings. The number of amidine groups is 2. The minimum atomic E-state index is 0.750. The van der Waals surface area contributed by atoms with Crippen molar-refractivity contribution in [1.29, 1.82) is 10.5 Å². The van der Waals surface area contributed by atoms with Crippen LogP contribution in [0.3, 0.4) is 0 Å². The molecular weight excluding hydrogens is 268 g/mol. The van der Waals surface area contributed by atoms with Crippen molar-refractivity contribution in [2.24, 2.45) is 9.98 Å². The summed E-state index contributed by atoms with van der Waals surface area (Å²) in [5, 5.41) is 18.7. The van der Waals surface area contributed by atoms with Crippen LogP contribution in [0.5, 0.6) is 0 Å². The lowest BCUT2D eigenvalue weighted by Gasteiger charge is -2.36. The van der Waals surface area contributed by atoms with Crippen LogP contribution in [0.2, 0.25) is 0 Å². The Morgan fingerprint density at radius 2 is 1.22 bits per heavy atom. The molecule has 1 heterocycles. The normalized spacial score (nSPS) is 17.3. The molecule has 0 spiro atoms. The molecule has 96 valence electrons. The number of hydrogen-bond acceptors (Lipinski definition) is 6. The highest BCUT2D eigenvalue weighted by Crippen LogP contribution is 2.13. The molecule has 0 unspecified atom stereocenters. The first-order chi connectivity index (χ1) is 8.76. The monoisotopic (exact) mass is 282 g/mol. The molecule has 0 N–H and O–H groups in total. The molecule has 1 saturated heterocycles. The fourth-order valence-electron chi connectivity index (χ4n) is 1.67. The highest BCUT2D eigenvalue weighted by molar-refractivity contribution is 8.13. The second-order valence-corrected chi connectivity index (χ2v) is 4.92. The zero-order chi connectivity index (χ0) is 13.4. The molecule has 1 rings (SSSR count). The molecule has 0 aliphatic carbocycles. The predicted octanol–water partition coefficient (Wildman–Crippen LogP) is 1.00. The lowest BCUT2D eigenvalue weighted by Crippen LogP contribution is -2.49. The van der Waals surface area contributed by atoms with Crippen molar-refractivity contribution < 1.29 is 0 Å². The van der Waals surface area contributed by atoms with Crippen molar-refractivity contribution in [3.8, 4) is 12.4 Å². The maximum Gasteiger partial charge on any atom is 0.208 e. The smallest absolute Gasteiger partial charge is 0.208 e. The first-order valence-electron chi connectivity index (χ1n) is 5.28. The van der Waals surface area contributed by atoms with Crippen LogP contribution in [0.25, 0.3) is 0 Å². The summed E-state index contributed by atoms with van der Waals surface area (Å²) in [5.74, 6) is 0. The number of nitriles is 2. The molecule has 0 bridgehead atoms. The van der Waals surface area contributed by atoms with Crippen molar-refractivity contribution in [1.82, 2.24) is 9.80 Å². The maximum atomic E-state index is 8.60. The molecule has 1 fully saturated rings. The van der Waals surface area contributed by atoms with Crippen LogP contribution in [-0.2, 0) is 0 Å². The third-order valence-corrected chi connectivity index (χ3v) is 3.91. The van der Waals surface area contributed by atoms with Gasteiger partial charge in [-0.2, -0.15) is 10.5 Å². The largest absolute Gasteiger partial charge is 0.347 e. The Kier molecular flexibility index (Phi) is 6.40. The van der Waals surface area contributed by atoms with Crippen LogP contribution >= 0.6 is 23.5 Å². The van der Waals surface area contributed by atoms with Gasteiger partial charge < -0.3 is 9.80 Å². The van der Waals surface area contributed by atoms with E-state index in [1.165, 1.54) is 23.5 Å². The molecule has 6 nitrogen and oxygen atoms in total. The van der Waals surface area contributed by atoms with Gasteiger partial charge in [-0.15, -0.1) is 9.98 Å². The van der Waals surface area contributed by atoms with Gasteiger partial charge in [-0.3, -0.25) is 0 Å². The van der Waals surface area contributed by atoms with Crippen molar-refractivity contribution in [2.45, 2.75) is 0 Å². The summed E-state index contributed by atoms with van der Waals surface area (Å²) in [6.45, 7) is 3.14. The van der Waals surface area contributed by atoms with Gasteiger partial charge in [0.1, 0.15) is 0 Å². The predicted molar refractivity (Wildman–Crippen MR) is 76.3 cm³/mol. The van der Waals surface area contributed by atoms with Gasteiger partial charge >= 0.3 is 0 Å². The Labute approximate surface area is 115 Å². The Morgan fingerprint density at radius 1 is 0.889 bits per heavy atom. The molecule has 18 heavy (non-hydrogen) atoms. The SMILES string of the molecule is CSC(=NC#N)N1CCN(C(=NC#N)SC)CC1. The van der Waals surface area contributed by atoms with E-state index in [1.807, 2.05) is 24.9 Å². The van der Waals surface area contributed by atoms with E-state index in [1.54, 1.807) is 0 Å². The van der Waals surface area contributed by atoms with E-state index < -0.39 is 0 Å². The van der Waals surface area contributed by atoms with Gasteiger partial charge in [-0.1, -0.05) is 23.5 Å². The average molecular weight is 282 g/mol. The Hall–Kier alpha value is -1.38. The molecule has 0 aromatic heterocycles. The van der Waals surface area contributed by atoms with E-state index in [-0.39, 0.29) is 0 Å². The molecule has 8 heteroatoms. The van der Waals surface area contributed by atoms with Crippen LogP contribution in [0, 0.1) is 22.9 Å². The lowest BCUT2D eigenvalue weighted by atomic mass is 10.3. The Balaban J connectivity index is 2.62. The van der Waals surface area contributed by atoms with Gasteiger partial charge in [0.2, 0.25) is 12.4 Å². The highest BCUT2D eigenvalue weighted by Gasteiger charge is 2.21. The van der Waals surface area contributed by atoms with E-state index in [2.05, 4.69) is 19.8 Å². The van der Waals surface area contributed by atoms with Gasteiger partial charge in [0.25, 0.3) is 0 Å². The standard InChI is InChI=1S/C10H14N6S2/c1-17-9(13-7-11)15-3-5-16(6-4-15)10(18-2)14-8-12/h3-6H2,1-2H3. The second kappa shape index (κ2) is 7.85. The molecule has 1 aliphatic rings. The van der Waals surface area contributed by atoms with Crippen molar-refractivity contribution in [3.63, 3.8) is 0 Å². The van der Waals surface area contributed by atoms with Crippen LogP contribution in [0.4, 0.5) is 0 Å². The fraction of sp³-hybridized carbons (Fsp3) is 0.600.